The van der Waals surface area contributed by atoms with E-state index in [1.54, 1.807) is 18.2 Å². The first kappa shape index (κ1) is 21.4. The molecule has 29 heavy (non-hydrogen) atoms. The Morgan fingerprint density at radius 3 is 2.69 bits per heavy atom. The van der Waals surface area contributed by atoms with Gasteiger partial charge in [0.2, 0.25) is 0 Å². The van der Waals surface area contributed by atoms with Crippen molar-refractivity contribution < 1.29 is 14.3 Å². The summed E-state index contributed by atoms with van der Waals surface area (Å²) in [5, 5.41) is 3.62. The number of halogens is 2. The van der Waals surface area contributed by atoms with Gasteiger partial charge in [0.05, 0.1) is 11.6 Å². The molecular formula is C21H22Cl2N2O4. The molecule has 2 N–H and O–H groups in total. The van der Waals surface area contributed by atoms with Crippen LogP contribution in [0.15, 0.2) is 29.1 Å². The van der Waals surface area contributed by atoms with Crippen LogP contribution in [0, 0.1) is 5.41 Å². The SMILES string of the molecule is CC1(C)CC(=O)c2cc(C(=O)NCCCOc3ccc(Cl)cc3Cl)c(=O)[nH]c2C1. The molecule has 0 saturated heterocycles. The van der Waals surface area contributed by atoms with Crippen molar-refractivity contribution in [2.45, 2.75) is 33.1 Å². The van der Waals surface area contributed by atoms with E-state index in [9.17, 15) is 14.4 Å². The number of aromatic amines is 1. The number of rotatable bonds is 6. The molecule has 154 valence electrons. The predicted octanol–water partition coefficient (Wildman–Crippen LogP) is 4.04. The van der Waals surface area contributed by atoms with E-state index in [0.717, 1.165) is 0 Å². The number of pyridine rings is 1. The van der Waals surface area contributed by atoms with Gasteiger partial charge in [0, 0.05) is 29.2 Å². The van der Waals surface area contributed by atoms with Crippen LogP contribution >= 0.6 is 23.2 Å². The first-order valence-corrected chi connectivity index (χ1v) is 10.1. The summed E-state index contributed by atoms with van der Waals surface area (Å²) in [4.78, 5) is 39.8. The first-order chi connectivity index (χ1) is 13.7. The Bertz CT molecular complexity index is 1010. The Kier molecular flexibility index (Phi) is 6.34. The molecule has 0 unspecified atom stereocenters. The lowest BCUT2D eigenvalue weighted by Gasteiger charge is -2.29. The van der Waals surface area contributed by atoms with Gasteiger partial charge in [-0.1, -0.05) is 37.0 Å². The molecule has 0 aliphatic heterocycles. The van der Waals surface area contributed by atoms with E-state index in [0.29, 0.717) is 59.5 Å². The molecule has 0 saturated carbocycles. The van der Waals surface area contributed by atoms with Gasteiger partial charge in [0.1, 0.15) is 11.3 Å². The average molecular weight is 437 g/mol. The summed E-state index contributed by atoms with van der Waals surface area (Å²) in [5.74, 6) is -0.0686. The molecule has 0 spiro atoms. The fourth-order valence-electron chi connectivity index (χ4n) is 3.34. The lowest BCUT2D eigenvalue weighted by molar-refractivity contribution is 0.0910. The third-order valence-corrected chi connectivity index (χ3v) is 5.25. The zero-order valence-electron chi connectivity index (χ0n) is 16.2. The molecule has 1 aliphatic carbocycles. The number of carbonyl (C=O) groups is 2. The average Bonchev–Trinajstić information content (AvgIpc) is 2.61. The van der Waals surface area contributed by atoms with Gasteiger partial charge in [0.25, 0.3) is 11.5 Å². The Morgan fingerprint density at radius 2 is 1.97 bits per heavy atom. The molecule has 0 atom stereocenters. The number of hydrogen-bond donors (Lipinski definition) is 2. The van der Waals surface area contributed by atoms with Crippen LogP contribution in [-0.4, -0.2) is 29.8 Å². The summed E-state index contributed by atoms with van der Waals surface area (Å²) in [6.07, 6.45) is 1.49. The van der Waals surface area contributed by atoms with Crippen LogP contribution in [0.4, 0.5) is 0 Å². The minimum atomic E-state index is -0.517. The lowest BCUT2D eigenvalue weighted by Crippen LogP contribution is -2.35. The van der Waals surface area contributed by atoms with Crippen molar-refractivity contribution in [1.29, 1.82) is 0 Å². The highest BCUT2D eigenvalue weighted by Gasteiger charge is 2.32. The van der Waals surface area contributed by atoms with Gasteiger partial charge in [-0.2, -0.15) is 0 Å². The van der Waals surface area contributed by atoms with E-state index in [-0.39, 0.29) is 16.8 Å². The summed E-state index contributed by atoms with van der Waals surface area (Å²) < 4.78 is 5.56. The molecule has 1 aliphatic rings. The molecule has 1 heterocycles. The fraction of sp³-hybridized carbons (Fsp3) is 0.381. The second kappa shape index (κ2) is 8.59. The highest BCUT2D eigenvalue weighted by atomic mass is 35.5. The summed E-state index contributed by atoms with van der Waals surface area (Å²) in [6.45, 7) is 4.59. The summed E-state index contributed by atoms with van der Waals surface area (Å²) in [5.41, 5.74) is 0.273. The number of amides is 1. The van der Waals surface area contributed by atoms with Gasteiger partial charge in [-0.25, -0.2) is 0 Å². The number of nitrogens with one attached hydrogen (secondary N) is 2. The van der Waals surface area contributed by atoms with Crippen LogP contribution in [0.5, 0.6) is 5.75 Å². The molecule has 0 fully saturated rings. The molecule has 0 bridgehead atoms. The van der Waals surface area contributed by atoms with Gasteiger partial charge in [-0.3, -0.25) is 14.4 Å². The summed E-state index contributed by atoms with van der Waals surface area (Å²) in [7, 11) is 0. The van der Waals surface area contributed by atoms with Crippen LogP contribution in [0.3, 0.4) is 0 Å². The second-order valence-corrected chi connectivity index (χ2v) is 8.72. The smallest absolute Gasteiger partial charge is 0.261 e. The maximum absolute atomic E-state index is 12.4. The van der Waals surface area contributed by atoms with Crippen molar-refractivity contribution in [3.8, 4) is 5.75 Å². The van der Waals surface area contributed by atoms with Gasteiger partial charge in [-0.15, -0.1) is 0 Å². The largest absolute Gasteiger partial charge is 0.492 e. The fourth-order valence-corrected chi connectivity index (χ4v) is 3.80. The van der Waals surface area contributed by atoms with Gasteiger partial charge >= 0.3 is 0 Å². The Hall–Kier alpha value is -2.31. The second-order valence-electron chi connectivity index (χ2n) is 7.88. The van der Waals surface area contributed by atoms with Gasteiger partial charge in [0.15, 0.2) is 5.78 Å². The van der Waals surface area contributed by atoms with E-state index in [1.807, 2.05) is 13.8 Å². The topological polar surface area (TPSA) is 88.3 Å². The number of fused-ring (bicyclic) bond motifs is 1. The van der Waals surface area contributed by atoms with E-state index < -0.39 is 11.5 Å². The van der Waals surface area contributed by atoms with E-state index in [4.69, 9.17) is 27.9 Å². The maximum atomic E-state index is 12.4. The monoisotopic (exact) mass is 436 g/mol. The molecule has 1 amide bonds. The highest BCUT2D eigenvalue weighted by Crippen LogP contribution is 2.33. The molecule has 2 aromatic rings. The van der Waals surface area contributed by atoms with Crippen LogP contribution in [0.25, 0.3) is 0 Å². The molecule has 3 rings (SSSR count). The van der Waals surface area contributed by atoms with Crippen LogP contribution < -0.4 is 15.6 Å². The van der Waals surface area contributed by atoms with Crippen LogP contribution in [-0.2, 0) is 6.42 Å². The number of hydrogen-bond acceptors (Lipinski definition) is 4. The minimum Gasteiger partial charge on any atom is -0.492 e. The summed E-state index contributed by atoms with van der Waals surface area (Å²) >= 11 is 11.9. The van der Waals surface area contributed by atoms with Gasteiger partial charge in [-0.05, 0) is 42.5 Å². The Morgan fingerprint density at radius 1 is 1.21 bits per heavy atom. The van der Waals surface area contributed by atoms with Crippen molar-refractivity contribution in [2.75, 3.05) is 13.2 Å². The van der Waals surface area contributed by atoms with E-state index in [1.165, 1.54) is 6.07 Å². The predicted molar refractivity (Wildman–Crippen MR) is 112 cm³/mol. The van der Waals surface area contributed by atoms with E-state index >= 15 is 0 Å². The Labute approximate surface area is 178 Å². The van der Waals surface area contributed by atoms with Crippen molar-refractivity contribution in [2.24, 2.45) is 5.41 Å². The molecular weight excluding hydrogens is 415 g/mol. The quantitative estimate of drug-likeness (QED) is 0.668. The number of aromatic nitrogens is 1. The van der Waals surface area contributed by atoms with Crippen molar-refractivity contribution >= 4 is 34.9 Å². The van der Waals surface area contributed by atoms with Crippen molar-refractivity contribution in [3.05, 3.63) is 61.5 Å². The Balaban J connectivity index is 1.57. The molecule has 6 nitrogen and oxygen atoms in total. The van der Waals surface area contributed by atoms with E-state index in [2.05, 4.69) is 10.3 Å². The van der Waals surface area contributed by atoms with Crippen LogP contribution in [0.2, 0.25) is 10.0 Å². The molecule has 1 aromatic heterocycles. The summed E-state index contributed by atoms with van der Waals surface area (Å²) in [6, 6.07) is 6.35. The lowest BCUT2D eigenvalue weighted by atomic mass is 9.75. The van der Waals surface area contributed by atoms with Crippen molar-refractivity contribution in [3.63, 3.8) is 0 Å². The zero-order chi connectivity index (χ0) is 21.2. The number of ketones is 1. The highest BCUT2D eigenvalue weighted by molar-refractivity contribution is 6.35. The number of Topliss-reactive ketones (excluding diaryl/α,β-unsaturated/α-hetero) is 1. The third kappa shape index (κ3) is 5.19. The zero-order valence-corrected chi connectivity index (χ0v) is 17.7. The van der Waals surface area contributed by atoms with Crippen LogP contribution in [0.1, 0.15) is 53.1 Å². The minimum absolute atomic E-state index is 0.0570. The van der Waals surface area contributed by atoms with Gasteiger partial charge < -0.3 is 15.0 Å². The maximum Gasteiger partial charge on any atom is 0.261 e. The number of benzene rings is 1. The molecule has 1 aromatic carbocycles. The van der Waals surface area contributed by atoms with Crippen molar-refractivity contribution in [1.82, 2.24) is 10.3 Å². The number of ether oxygens (including phenoxy) is 1. The standard InChI is InChI=1S/C21H22Cl2N2O4/c1-21(2)10-16-13(17(26)11-21)9-14(20(28)25-16)19(27)24-6-3-7-29-18-5-4-12(22)8-15(18)23/h4-5,8-9H,3,6-7,10-11H2,1-2H3,(H,24,27)(H,25,28). The number of carbonyl (C=O) groups excluding carboxylic acids is 2. The first-order valence-electron chi connectivity index (χ1n) is 9.32. The number of H-pyrrole nitrogens is 1. The normalized spacial score (nSPS) is 15.0. The molecule has 0 radical (unpaired) electrons. The molecule has 8 heteroatoms. The third-order valence-electron chi connectivity index (χ3n) is 4.72.